The molecular weight excluding hydrogens is 342 g/mol. The summed E-state index contributed by atoms with van der Waals surface area (Å²) >= 11 is 5.15. The molecule has 4 nitrogen and oxygen atoms in total. The molecular formula is C14H18BrNO3S. The molecule has 1 amide bonds. The summed E-state index contributed by atoms with van der Waals surface area (Å²) in [7, 11) is 0. The highest BCUT2D eigenvalue weighted by Gasteiger charge is 2.22. The van der Waals surface area contributed by atoms with Crippen molar-refractivity contribution in [3.8, 4) is 0 Å². The Morgan fingerprint density at radius 1 is 1.45 bits per heavy atom. The number of hydrogen-bond acceptors (Lipinski definition) is 4. The minimum absolute atomic E-state index is 0.0899. The molecule has 0 radical (unpaired) electrons. The molecule has 1 fully saturated rings. The lowest BCUT2D eigenvalue weighted by Crippen LogP contribution is -2.44. The molecule has 1 aliphatic rings. The zero-order chi connectivity index (χ0) is 14.4. The van der Waals surface area contributed by atoms with Crippen molar-refractivity contribution < 1.29 is 14.3 Å². The molecule has 0 aliphatic carbocycles. The Labute approximate surface area is 131 Å². The van der Waals surface area contributed by atoms with Gasteiger partial charge in [-0.1, -0.05) is 22.9 Å². The number of carbonyl (C=O) groups is 1. The van der Waals surface area contributed by atoms with Gasteiger partial charge in [-0.3, -0.25) is 4.79 Å². The van der Waals surface area contributed by atoms with Gasteiger partial charge in [-0.2, -0.15) is 0 Å². The largest absolute Gasteiger partial charge is 0.376 e. The highest BCUT2D eigenvalue weighted by Crippen LogP contribution is 2.24. The molecule has 1 heterocycles. The molecule has 20 heavy (non-hydrogen) atoms. The maximum Gasteiger partial charge on any atom is 0.251 e. The maximum absolute atomic E-state index is 11.9. The number of nitrogens with one attached hydrogen (secondary N) is 1. The smallest absolute Gasteiger partial charge is 0.251 e. The summed E-state index contributed by atoms with van der Waals surface area (Å²) in [5, 5.41) is 3.21. The van der Waals surface area contributed by atoms with Gasteiger partial charge in [-0.05, 0) is 24.3 Å². The van der Waals surface area contributed by atoms with Crippen molar-refractivity contribution in [1.29, 1.82) is 0 Å². The van der Waals surface area contributed by atoms with E-state index in [9.17, 15) is 4.79 Å². The number of amides is 1. The van der Waals surface area contributed by atoms with Crippen molar-refractivity contribution in [2.24, 2.45) is 0 Å². The number of rotatable bonds is 5. The minimum atomic E-state index is -0.464. The van der Waals surface area contributed by atoms with Crippen molar-refractivity contribution in [2.75, 3.05) is 26.4 Å². The highest BCUT2D eigenvalue weighted by atomic mass is 79.9. The number of hydrogen-bond donors (Lipinski definition) is 1. The fourth-order valence-electron chi connectivity index (χ4n) is 1.78. The summed E-state index contributed by atoms with van der Waals surface area (Å²) in [5.74, 6) is -0.0899. The molecule has 1 aliphatic heterocycles. The standard InChI is InChI=1S/C14H18BrNO3S/c1-10(20-12-4-2-11(15)3-5-12)8-16-14(17)13-9-18-6-7-19-13/h2-5,10,13H,6-9H2,1H3,(H,16,17)/t10-,13-/m1/s1. The zero-order valence-electron chi connectivity index (χ0n) is 11.3. The van der Waals surface area contributed by atoms with Crippen LogP contribution >= 0.6 is 27.7 Å². The van der Waals surface area contributed by atoms with Crippen LogP contribution in [0.4, 0.5) is 0 Å². The Hall–Kier alpha value is -0.560. The van der Waals surface area contributed by atoms with Crippen LogP contribution in [0, 0.1) is 0 Å². The predicted octanol–water partition coefficient (Wildman–Crippen LogP) is 2.46. The molecule has 1 aromatic rings. The van der Waals surface area contributed by atoms with Crippen LogP contribution in [0.15, 0.2) is 33.6 Å². The van der Waals surface area contributed by atoms with E-state index in [1.807, 2.05) is 12.1 Å². The monoisotopic (exact) mass is 359 g/mol. The van der Waals surface area contributed by atoms with Crippen molar-refractivity contribution in [2.45, 2.75) is 23.2 Å². The molecule has 6 heteroatoms. The molecule has 1 N–H and O–H groups in total. The zero-order valence-corrected chi connectivity index (χ0v) is 13.7. The summed E-state index contributed by atoms with van der Waals surface area (Å²) in [5.41, 5.74) is 0. The number of ether oxygens (including phenoxy) is 2. The average molecular weight is 360 g/mol. The van der Waals surface area contributed by atoms with E-state index < -0.39 is 6.10 Å². The average Bonchev–Trinajstić information content (AvgIpc) is 2.48. The van der Waals surface area contributed by atoms with Crippen molar-refractivity contribution in [1.82, 2.24) is 5.32 Å². The van der Waals surface area contributed by atoms with Crippen LogP contribution in [0.5, 0.6) is 0 Å². The van der Waals surface area contributed by atoms with E-state index in [1.165, 1.54) is 4.90 Å². The third-order valence-electron chi connectivity index (χ3n) is 2.82. The van der Waals surface area contributed by atoms with Gasteiger partial charge in [0.25, 0.3) is 5.91 Å². The fraction of sp³-hybridized carbons (Fsp3) is 0.500. The van der Waals surface area contributed by atoms with Gasteiger partial charge in [0.15, 0.2) is 6.10 Å². The van der Waals surface area contributed by atoms with E-state index in [1.54, 1.807) is 11.8 Å². The van der Waals surface area contributed by atoms with E-state index in [-0.39, 0.29) is 5.91 Å². The van der Waals surface area contributed by atoms with Crippen LogP contribution in [-0.2, 0) is 14.3 Å². The second kappa shape index (κ2) is 8.02. The quantitative estimate of drug-likeness (QED) is 0.820. The molecule has 0 spiro atoms. The van der Waals surface area contributed by atoms with E-state index in [0.29, 0.717) is 31.6 Å². The molecule has 0 saturated carbocycles. The van der Waals surface area contributed by atoms with Gasteiger partial charge >= 0.3 is 0 Å². The van der Waals surface area contributed by atoms with Gasteiger partial charge < -0.3 is 14.8 Å². The van der Waals surface area contributed by atoms with Gasteiger partial charge in [0.1, 0.15) is 0 Å². The number of benzene rings is 1. The Kier molecular flexibility index (Phi) is 6.35. The van der Waals surface area contributed by atoms with Crippen molar-refractivity contribution in [3.63, 3.8) is 0 Å². The van der Waals surface area contributed by atoms with E-state index in [0.717, 1.165) is 4.47 Å². The predicted molar refractivity (Wildman–Crippen MR) is 83.0 cm³/mol. The third kappa shape index (κ3) is 5.09. The lowest BCUT2D eigenvalue weighted by molar-refractivity contribution is -0.147. The SMILES string of the molecule is C[C@H](CNC(=O)[C@H]1COCCO1)Sc1ccc(Br)cc1. The fourth-order valence-corrected chi connectivity index (χ4v) is 2.97. The topological polar surface area (TPSA) is 47.6 Å². The summed E-state index contributed by atoms with van der Waals surface area (Å²) in [6.07, 6.45) is -0.464. The summed E-state index contributed by atoms with van der Waals surface area (Å²) in [6.45, 7) is 4.10. The first-order valence-corrected chi connectivity index (χ1v) is 8.21. The minimum Gasteiger partial charge on any atom is -0.376 e. The third-order valence-corrected chi connectivity index (χ3v) is 4.47. The van der Waals surface area contributed by atoms with Gasteiger partial charge in [0, 0.05) is 21.2 Å². The van der Waals surface area contributed by atoms with Gasteiger partial charge in [0.05, 0.1) is 19.8 Å². The molecule has 1 aromatic carbocycles. The molecule has 2 atom stereocenters. The highest BCUT2D eigenvalue weighted by molar-refractivity contribution is 9.10. The van der Waals surface area contributed by atoms with Crippen molar-refractivity contribution in [3.05, 3.63) is 28.7 Å². The Balaban J connectivity index is 1.72. The summed E-state index contributed by atoms with van der Waals surface area (Å²) in [6, 6.07) is 8.15. The molecule has 0 aromatic heterocycles. The lowest BCUT2D eigenvalue weighted by atomic mass is 10.3. The van der Waals surface area contributed by atoms with E-state index in [2.05, 4.69) is 40.3 Å². The normalized spacial score (nSPS) is 20.4. The van der Waals surface area contributed by atoms with Crippen LogP contribution in [0.25, 0.3) is 0 Å². The molecule has 110 valence electrons. The molecule has 0 bridgehead atoms. The second-order valence-electron chi connectivity index (χ2n) is 4.56. The number of thioether (sulfide) groups is 1. The van der Waals surface area contributed by atoms with Crippen LogP contribution < -0.4 is 5.32 Å². The first kappa shape index (κ1) is 15.8. The van der Waals surface area contributed by atoms with Crippen molar-refractivity contribution >= 4 is 33.6 Å². The lowest BCUT2D eigenvalue weighted by Gasteiger charge is -2.22. The van der Waals surface area contributed by atoms with Crippen LogP contribution in [0.2, 0.25) is 0 Å². The van der Waals surface area contributed by atoms with Gasteiger partial charge in [-0.25, -0.2) is 0 Å². The molecule has 2 rings (SSSR count). The first-order chi connectivity index (χ1) is 9.65. The van der Waals surface area contributed by atoms with E-state index in [4.69, 9.17) is 9.47 Å². The summed E-state index contributed by atoms with van der Waals surface area (Å²) in [4.78, 5) is 13.1. The second-order valence-corrected chi connectivity index (χ2v) is 6.99. The van der Waals surface area contributed by atoms with Gasteiger partial charge in [-0.15, -0.1) is 11.8 Å². The maximum atomic E-state index is 11.9. The first-order valence-electron chi connectivity index (χ1n) is 6.54. The van der Waals surface area contributed by atoms with Crippen LogP contribution in [-0.4, -0.2) is 43.6 Å². The van der Waals surface area contributed by atoms with Crippen LogP contribution in [0.1, 0.15) is 6.92 Å². The van der Waals surface area contributed by atoms with Crippen LogP contribution in [0.3, 0.4) is 0 Å². The molecule has 1 saturated heterocycles. The summed E-state index contributed by atoms with van der Waals surface area (Å²) < 4.78 is 11.6. The Morgan fingerprint density at radius 2 is 2.20 bits per heavy atom. The molecule has 0 unspecified atom stereocenters. The van der Waals surface area contributed by atoms with E-state index >= 15 is 0 Å². The van der Waals surface area contributed by atoms with Gasteiger partial charge in [0.2, 0.25) is 0 Å². The number of carbonyl (C=O) groups excluding carboxylic acids is 1. The Bertz CT molecular complexity index is 435. The Morgan fingerprint density at radius 3 is 2.85 bits per heavy atom. The number of halogens is 1.